The molecule has 1 rings (SSSR count). The van der Waals surface area contributed by atoms with Crippen LogP contribution in [0.4, 0.5) is 5.69 Å². The van der Waals surface area contributed by atoms with Gasteiger partial charge in [0.2, 0.25) is 10.0 Å². The highest BCUT2D eigenvalue weighted by Crippen LogP contribution is 2.31. The minimum Gasteiger partial charge on any atom is -0.481 e. The van der Waals surface area contributed by atoms with Crippen molar-refractivity contribution in [2.24, 2.45) is 0 Å². The molecule has 0 atom stereocenters. The van der Waals surface area contributed by atoms with Gasteiger partial charge in [0.25, 0.3) is 5.69 Å². The monoisotopic (exact) mass is 344 g/mol. The lowest BCUT2D eigenvalue weighted by Gasteiger charge is -2.25. The number of nitro groups is 1. The molecule has 0 spiro atoms. The van der Waals surface area contributed by atoms with Crippen molar-refractivity contribution in [3.63, 3.8) is 0 Å². The highest BCUT2D eigenvalue weighted by molar-refractivity contribution is 7.89. The second-order valence-corrected chi connectivity index (χ2v) is 7.64. The third kappa shape index (κ3) is 4.73. The zero-order valence-corrected chi connectivity index (χ0v) is 14.2. The number of aliphatic carboxylic acids is 1. The van der Waals surface area contributed by atoms with Crippen molar-refractivity contribution in [1.29, 1.82) is 0 Å². The van der Waals surface area contributed by atoms with Crippen molar-refractivity contribution in [2.45, 2.75) is 51.0 Å². The number of nitro benzene ring substituents is 1. The Morgan fingerprint density at radius 3 is 2.30 bits per heavy atom. The molecule has 128 valence electrons. The van der Waals surface area contributed by atoms with E-state index in [9.17, 15) is 23.3 Å². The molecule has 0 aliphatic heterocycles. The van der Waals surface area contributed by atoms with E-state index in [1.807, 2.05) is 0 Å². The molecule has 1 aromatic carbocycles. The molecule has 0 radical (unpaired) electrons. The Labute approximate surface area is 134 Å². The number of nitrogens with zero attached hydrogens (tertiary/aromatic N) is 1. The smallest absolute Gasteiger partial charge is 0.303 e. The molecule has 8 nitrogen and oxygen atoms in total. The summed E-state index contributed by atoms with van der Waals surface area (Å²) in [7, 11) is -4.18. The molecule has 0 amide bonds. The number of hydrogen-bond acceptors (Lipinski definition) is 5. The van der Waals surface area contributed by atoms with Gasteiger partial charge in [0.15, 0.2) is 4.90 Å². The fourth-order valence-corrected chi connectivity index (χ4v) is 4.14. The Bertz CT molecular complexity index is 740. The van der Waals surface area contributed by atoms with Crippen molar-refractivity contribution in [3.05, 3.63) is 33.4 Å². The Kier molecular flexibility index (Phi) is 5.49. The van der Waals surface area contributed by atoms with Crippen LogP contribution < -0.4 is 4.72 Å². The molecular weight excluding hydrogens is 324 g/mol. The summed E-state index contributed by atoms with van der Waals surface area (Å²) in [6.07, 6.45) is -0.162. The van der Waals surface area contributed by atoms with E-state index in [2.05, 4.69) is 4.72 Å². The maximum Gasteiger partial charge on any atom is 0.303 e. The molecule has 9 heteroatoms. The molecule has 0 aliphatic rings. The summed E-state index contributed by atoms with van der Waals surface area (Å²) in [6, 6.07) is 2.99. The Hall–Kier alpha value is -2.00. The lowest BCUT2D eigenvalue weighted by molar-refractivity contribution is -0.388. The van der Waals surface area contributed by atoms with E-state index in [1.54, 1.807) is 0 Å². The molecule has 0 saturated heterocycles. The standard InChI is InChI=1S/C14H20N2O6S/c1-9-5-6-10(2)13(12(9)16(19)20)23(21,22)15-14(3,4)8-7-11(17)18/h5-6,15H,7-8H2,1-4H3,(H,17,18). The molecule has 1 aromatic rings. The summed E-state index contributed by atoms with van der Waals surface area (Å²) in [5.41, 5.74) is -1.03. The van der Waals surface area contributed by atoms with Crippen LogP contribution in [-0.4, -0.2) is 30.0 Å². The first kappa shape index (κ1) is 19.0. The van der Waals surface area contributed by atoms with Crippen molar-refractivity contribution in [3.8, 4) is 0 Å². The Morgan fingerprint density at radius 1 is 1.30 bits per heavy atom. The average Bonchev–Trinajstić information content (AvgIpc) is 2.37. The zero-order valence-electron chi connectivity index (χ0n) is 13.4. The lowest BCUT2D eigenvalue weighted by Crippen LogP contribution is -2.44. The van der Waals surface area contributed by atoms with E-state index in [-0.39, 0.29) is 28.9 Å². The SMILES string of the molecule is Cc1ccc(C)c(S(=O)(=O)NC(C)(C)CCC(=O)O)c1[N+](=O)[O-]. The van der Waals surface area contributed by atoms with Gasteiger partial charge in [-0.05, 0) is 39.7 Å². The van der Waals surface area contributed by atoms with Crippen LogP contribution in [0.5, 0.6) is 0 Å². The van der Waals surface area contributed by atoms with Crippen molar-refractivity contribution >= 4 is 21.7 Å². The van der Waals surface area contributed by atoms with Crippen LogP contribution in [0.1, 0.15) is 37.8 Å². The van der Waals surface area contributed by atoms with Gasteiger partial charge in [0.1, 0.15) is 0 Å². The van der Waals surface area contributed by atoms with E-state index in [4.69, 9.17) is 5.11 Å². The minimum absolute atomic E-state index is 0.0558. The number of carboxylic acids is 1. The molecule has 0 aromatic heterocycles. The predicted molar refractivity (Wildman–Crippen MR) is 83.8 cm³/mol. The summed E-state index contributed by atoms with van der Waals surface area (Å²) in [6.45, 7) is 6.01. The number of hydrogen-bond donors (Lipinski definition) is 2. The van der Waals surface area contributed by atoms with Crippen LogP contribution in [0.3, 0.4) is 0 Å². The highest BCUT2D eigenvalue weighted by Gasteiger charge is 2.34. The molecule has 0 bridgehead atoms. The quantitative estimate of drug-likeness (QED) is 0.576. The second kappa shape index (κ2) is 6.63. The average molecular weight is 344 g/mol. The lowest BCUT2D eigenvalue weighted by atomic mass is 10.0. The van der Waals surface area contributed by atoms with E-state index in [1.165, 1.54) is 39.8 Å². The number of sulfonamides is 1. The van der Waals surface area contributed by atoms with Gasteiger partial charge in [-0.25, -0.2) is 13.1 Å². The maximum atomic E-state index is 12.6. The number of carbonyl (C=O) groups is 1. The summed E-state index contributed by atoms with van der Waals surface area (Å²) >= 11 is 0. The van der Waals surface area contributed by atoms with Crippen molar-refractivity contribution in [1.82, 2.24) is 4.72 Å². The molecule has 0 saturated carbocycles. The summed E-state index contributed by atoms with van der Waals surface area (Å²) in [4.78, 5) is 20.8. The summed E-state index contributed by atoms with van der Waals surface area (Å²) in [5.74, 6) is -1.05. The van der Waals surface area contributed by atoms with Crippen LogP contribution >= 0.6 is 0 Å². The van der Waals surface area contributed by atoms with E-state index >= 15 is 0 Å². The van der Waals surface area contributed by atoms with E-state index in [0.29, 0.717) is 0 Å². The van der Waals surface area contributed by atoms with Gasteiger partial charge >= 0.3 is 5.97 Å². The highest BCUT2D eigenvalue weighted by atomic mass is 32.2. The normalized spacial score (nSPS) is 12.2. The van der Waals surface area contributed by atoms with Crippen LogP contribution in [0.15, 0.2) is 17.0 Å². The maximum absolute atomic E-state index is 12.6. The minimum atomic E-state index is -4.18. The van der Waals surface area contributed by atoms with Gasteiger partial charge in [-0.1, -0.05) is 12.1 Å². The Balaban J connectivity index is 3.32. The fourth-order valence-electron chi connectivity index (χ4n) is 2.22. The van der Waals surface area contributed by atoms with Crippen LogP contribution in [0.25, 0.3) is 0 Å². The number of rotatable bonds is 7. The first-order chi connectivity index (χ1) is 10.4. The first-order valence-electron chi connectivity index (χ1n) is 6.88. The predicted octanol–water partition coefficient (Wildman–Crippen LogP) is 2.13. The van der Waals surface area contributed by atoms with Crippen LogP contribution in [0.2, 0.25) is 0 Å². The number of aryl methyl sites for hydroxylation is 2. The van der Waals surface area contributed by atoms with Crippen molar-refractivity contribution < 1.29 is 23.2 Å². The van der Waals surface area contributed by atoms with Gasteiger partial charge in [0.05, 0.1) is 4.92 Å². The van der Waals surface area contributed by atoms with Crippen molar-refractivity contribution in [2.75, 3.05) is 0 Å². The molecule has 0 unspecified atom stereocenters. The second-order valence-electron chi connectivity index (χ2n) is 6.02. The van der Waals surface area contributed by atoms with E-state index < -0.39 is 32.1 Å². The first-order valence-corrected chi connectivity index (χ1v) is 8.36. The third-order valence-electron chi connectivity index (χ3n) is 3.36. The molecule has 0 heterocycles. The largest absolute Gasteiger partial charge is 0.481 e. The van der Waals surface area contributed by atoms with Gasteiger partial charge < -0.3 is 5.11 Å². The molecule has 0 fully saturated rings. The zero-order chi connectivity index (χ0) is 18.0. The number of nitrogens with one attached hydrogen (secondary N) is 1. The molecular formula is C14H20N2O6S. The van der Waals surface area contributed by atoms with Gasteiger partial charge in [-0.15, -0.1) is 0 Å². The fraction of sp³-hybridized carbons (Fsp3) is 0.500. The third-order valence-corrected chi connectivity index (χ3v) is 5.23. The molecule has 23 heavy (non-hydrogen) atoms. The summed E-state index contributed by atoms with van der Waals surface area (Å²) < 4.78 is 27.6. The topological polar surface area (TPSA) is 127 Å². The van der Waals surface area contributed by atoms with Crippen LogP contribution in [-0.2, 0) is 14.8 Å². The summed E-state index contributed by atoms with van der Waals surface area (Å²) in [5, 5.41) is 20.0. The molecule has 0 aliphatic carbocycles. The van der Waals surface area contributed by atoms with Crippen LogP contribution in [0, 0.1) is 24.0 Å². The Morgan fingerprint density at radius 2 is 1.83 bits per heavy atom. The van der Waals surface area contributed by atoms with E-state index in [0.717, 1.165) is 0 Å². The van der Waals surface area contributed by atoms with Gasteiger partial charge in [-0.3, -0.25) is 14.9 Å². The molecule has 2 N–H and O–H groups in total. The number of benzene rings is 1. The van der Waals surface area contributed by atoms with Gasteiger partial charge in [0, 0.05) is 17.5 Å². The van der Waals surface area contributed by atoms with Gasteiger partial charge in [-0.2, -0.15) is 0 Å². The number of carboxylic acid groups (broad SMARTS) is 1.